The van der Waals surface area contributed by atoms with Gasteiger partial charge in [0.25, 0.3) is 11.5 Å². The van der Waals surface area contributed by atoms with Gasteiger partial charge in [-0.2, -0.15) is 0 Å². The number of ether oxygens (including phenoxy) is 1. The van der Waals surface area contributed by atoms with Crippen LogP contribution in [-0.4, -0.2) is 27.9 Å². The molecule has 2 N–H and O–H groups in total. The highest BCUT2D eigenvalue weighted by molar-refractivity contribution is 6.31. The van der Waals surface area contributed by atoms with Crippen LogP contribution in [0, 0.1) is 11.6 Å². The van der Waals surface area contributed by atoms with Crippen LogP contribution in [0.2, 0.25) is 5.02 Å². The summed E-state index contributed by atoms with van der Waals surface area (Å²) in [5.41, 5.74) is 0.256. The number of carbonyl (C=O) groups excluding carboxylic acids is 1. The number of aromatic nitrogens is 1. The Morgan fingerprint density at radius 3 is 2.68 bits per heavy atom. The molecule has 4 rings (SSSR count). The maximum Gasteiger partial charge on any atom is 0.273 e. The standard InChI is InChI=1S/C24H22ClF2N3O4/c1-24(2,33)23(32)30-13-28-18-9-14(3-6-19(18)30)11-29-8-7-20(21(25)22(29)31)34-12-15-4-5-16(26)10-17(15)27/h3-10,28,33H,11-13H2,1-2H3. The molecule has 0 fully saturated rings. The average Bonchev–Trinajstić information content (AvgIpc) is 3.19. The molecule has 0 spiro atoms. The van der Waals surface area contributed by atoms with Gasteiger partial charge in [-0.05, 0) is 49.7 Å². The molecule has 178 valence electrons. The highest BCUT2D eigenvalue weighted by Crippen LogP contribution is 2.34. The summed E-state index contributed by atoms with van der Waals surface area (Å²) in [6.45, 7) is 3.09. The lowest BCUT2D eigenvalue weighted by atomic mass is 10.1. The molecule has 0 atom stereocenters. The van der Waals surface area contributed by atoms with E-state index >= 15 is 0 Å². The van der Waals surface area contributed by atoms with Crippen LogP contribution in [0.25, 0.3) is 0 Å². The summed E-state index contributed by atoms with van der Waals surface area (Å²) < 4.78 is 33.7. The van der Waals surface area contributed by atoms with E-state index in [0.29, 0.717) is 11.4 Å². The maximum absolute atomic E-state index is 13.8. The zero-order valence-electron chi connectivity index (χ0n) is 18.4. The first kappa shape index (κ1) is 23.7. The highest BCUT2D eigenvalue weighted by Gasteiger charge is 2.34. The molecule has 34 heavy (non-hydrogen) atoms. The Morgan fingerprint density at radius 1 is 1.21 bits per heavy atom. The van der Waals surface area contributed by atoms with Crippen molar-refractivity contribution in [2.24, 2.45) is 0 Å². The molecule has 1 aliphatic rings. The van der Waals surface area contributed by atoms with Gasteiger partial charge >= 0.3 is 0 Å². The largest absolute Gasteiger partial charge is 0.487 e. The monoisotopic (exact) mass is 489 g/mol. The van der Waals surface area contributed by atoms with E-state index in [-0.39, 0.29) is 36.2 Å². The van der Waals surface area contributed by atoms with E-state index < -0.39 is 28.7 Å². The van der Waals surface area contributed by atoms with E-state index in [4.69, 9.17) is 16.3 Å². The highest BCUT2D eigenvalue weighted by atomic mass is 35.5. The van der Waals surface area contributed by atoms with Gasteiger partial charge in [-0.1, -0.05) is 17.7 Å². The van der Waals surface area contributed by atoms with Crippen LogP contribution in [0.1, 0.15) is 25.0 Å². The van der Waals surface area contributed by atoms with Crippen LogP contribution in [-0.2, 0) is 17.9 Å². The van der Waals surface area contributed by atoms with Crippen molar-refractivity contribution in [3.63, 3.8) is 0 Å². The molecule has 0 bridgehead atoms. The van der Waals surface area contributed by atoms with Crippen LogP contribution in [0.4, 0.5) is 20.2 Å². The summed E-state index contributed by atoms with van der Waals surface area (Å²) >= 11 is 6.19. The Bertz CT molecular complexity index is 1320. The smallest absolute Gasteiger partial charge is 0.273 e. The molecule has 0 radical (unpaired) electrons. The third-order valence-corrected chi connectivity index (χ3v) is 5.72. The summed E-state index contributed by atoms with van der Waals surface area (Å²) in [5, 5.41) is 13.0. The van der Waals surface area contributed by atoms with Crippen molar-refractivity contribution < 1.29 is 23.4 Å². The molecule has 10 heteroatoms. The van der Waals surface area contributed by atoms with E-state index in [1.54, 1.807) is 12.1 Å². The molecule has 0 aliphatic carbocycles. The van der Waals surface area contributed by atoms with Crippen molar-refractivity contribution >= 4 is 28.9 Å². The number of hydrogen-bond acceptors (Lipinski definition) is 5. The third kappa shape index (κ3) is 4.76. The number of fused-ring (bicyclic) bond motifs is 1. The first-order valence-corrected chi connectivity index (χ1v) is 10.8. The van der Waals surface area contributed by atoms with E-state index in [2.05, 4.69) is 5.32 Å². The van der Waals surface area contributed by atoms with Gasteiger partial charge in [-0.3, -0.25) is 14.5 Å². The Hall–Kier alpha value is -3.43. The molecule has 1 amide bonds. The van der Waals surface area contributed by atoms with Gasteiger partial charge in [0.2, 0.25) is 0 Å². The van der Waals surface area contributed by atoms with Gasteiger partial charge in [0.1, 0.15) is 34.6 Å². The van der Waals surface area contributed by atoms with Crippen molar-refractivity contribution in [3.05, 3.63) is 86.8 Å². The van der Waals surface area contributed by atoms with Crippen molar-refractivity contribution in [1.29, 1.82) is 0 Å². The van der Waals surface area contributed by atoms with E-state index in [0.717, 1.165) is 17.7 Å². The lowest BCUT2D eigenvalue weighted by Gasteiger charge is -2.24. The molecule has 3 aromatic rings. The summed E-state index contributed by atoms with van der Waals surface area (Å²) in [6, 6.07) is 9.97. The topological polar surface area (TPSA) is 83.8 Å². The molecule has 0 saturated carbocycles. The Balaban J connectivity index is 1.49. The van der Waals surface area contributed by atoms with Crippen LogP contribution in [0.15, 0.2) is 53.5 Å². The van der Waals surface area contributed by atoms with Crippen molar-refractivity contribution in [1.82, 2.24) is 4.57 Å². The molecule has 2 aromatic carbocycles. The lowest BCUT2D eigenvalue weighted by molar-refractivity contribution is -0.133. The molecule has 1 aliphatic heterocycles. The summed E-state index contributed by atoms with van der Waals surface area (Å²) in [7, 11) is 0. The van der Waals surface area contributed by atoms with E-state index in [1.165, 1.54) is 41.6 Å². The number of carbonyl (C=O) groups is 1. The SMILES string of the molecule is CC(C)(O)C(=O)N1CNc2cc(Cn3ccc(OCc4ccc(F)cc4F)c(Cl)c3=O)ccc21. The van der Waals surface area contributed by atoms with Crippen molar-refractivity contribution in [2.45, 2.75) is 32.6 Å². The molecular formula is C24H22ClF2N3O4. The van der Waals surface area contributed by atoms with Gasteiger partial charge in [0, 0.05) is 17.8 Å². The second-order valence-corrected chi connectivity index (χ2v) is 8.81. The fraction of sp³-hybridized carbons (Fsp3) is 0.250. The second kappa shape index (κ2) is 9.08. The van der Waals surface area contributed by atoms with Gasteiger partial charge in [-0.15, -0.1) is 0 Å². The number of pyridine rings is 1. The molecule has 0 unspecified atom stereocenters. The molecular weight excluding hydrogens is 468 g/mol. The number of nitrogens with zero attached hydrogens (tertiary/aromatic N) is 2. The number of aliphatic hydroxyl groups is 1. The average molecular weight is 490 g/mol. The van der Waals surface area contributed by atoms with Gasteiger partial charge < -0.3 is 19.7 Å². The fourth-order valence-electron chi connectivity index (χ4n) is 3.58. The second-order valence-electron chi connectivity index (χ2n) is 8.43. The number of hydrogen-bond donors (Lipinski definition) is 2. The number of rotatable bonds is 6. The zero-order chi connectivity index (χ0) is 24.6. The van der Waals surface area contributed by atoms with E-state index in [9.17, 15) is 23.5 Å². The van der Waals surface area contributed by atoms with Crippen molar-refractivity contribution in [3.8, 4) is 5.75 Å². The minimum absolute atomic E-state index is 0.0861. The molecule has 2 heterocycles. The third-order valence-electron chi connectivity index (χ3n) is 5.37. The Morgan fingerprint density at radius 2 is 1.97 bits per heavy atom. The Labute approximate surface area is 199 Å². The predicted molar refractivity (Wildman–Crippen MR) is 124 cm³/mol. The quantitative estimate of drug-likeness (QED) is 0.549. The van der Waals surface area contributed by atoms with Crippen LogP contribution >= 0.6 is 11.6 Å². The number of amides is 1. The number of halogens is 3. The minimum Gasteiger partial charge on any atom is -0.487 e. The maximum atomic E-state index is 13.8. The fourth-order valence-corrected chi connectivity index (χ4v) is 3.80. The van der Waals surface area contributed by atoms with Gasteiger partial charge in [0.15, 0.2) is 0 Å². The number of anilines is 2. The first-order valence-electron chi connectivity index (χ1n) is 10.4. The van der Waals surface area contributed by atoms with Crippen LogP contribution in [0.3, 0.4) is 0 Å². The normalized spacial score (nSPS) is 12.9. The van der Waals surface area contributed by atoms with Gasteiger partial charge in [0.05, 0.1) is 24.6 Å². The van der Waals surface area contributed by atoms with Crippen LogP contribution < -0.4 is 20.5 Å². The van der Waals surface area contributed by atoms with Crippen LogP contribution in [0.5, 0.6) is 5.75 Å². The minimum atomic E-state index is -1.50. The van der Waals surface area contributed by atoms with Crippen molar-refractivity contribution in [2.75, 3.05) is 16.9 Å². The number of benzene rings is 2. The van der Waals surface area contributed by atoms with Gasteiger partial charge in [-0.25, -0.2) is 8.78 Å². The lowest BCUT2D eigenvalue weighted by Crippen LogP contribution is -2.45. The summed E-state index contributed by atoms with van der Waals surface area (Å²) in [5.74, 6) is -1.79. The predicted octanol–water partition coefficient (Wildman–Crippen LogP) is 3.89. The summed E-state index contributed by atoms with van der Waals surface area (Å²) in [4.78, 5) is 26.6. The molecule has 7 nitrogen and oxygen atoms in total. The molecule has 0 saturated heterocycles. The van der Waals surface area contributed by atoms with E-state index in [1.807, 2.05) is 6.07 Å². The number of nitrogens with one attached hydrogen (secondary N) is 1. The summed E-state index contributed by atoms with van der Waals surface area (Å²) in [6.07, 6.45) is 1.51. The molecule has 1 aromatic heterocycles. The Kier molecular flexibility index (Phi) is 6.33. The zero-order valence-corrected chi connectivity index (χ0v) is 19.2. The first-order chi connectivity index (χ1) is 16.0.